The van der Waals surface area contributed by atoms with Gasteiger partial charge >= 0.3 is 0 Å². The van der Waals surface area contributed by atoms with Gasteiger partial charge in [-0.25, -0.2) is 15.0 Å². The van der Waals surface area contributed by atoms with Gasteiger partial charge in [0, 0.05) is 63.1 Å². The molecule has 0 radical (unpaired) electrons. The number of ether oxygens (including phenoxy) is 1. The van der Waals surface area contributed by atoms with E-state index in [2.05, 4.69) is 166 Å². The highest BCUT2D eigenvalue weighted by molar-refractivity contribution is 5.99. The third kappa shape index (κ3) is 6.94. The van der Waals surface area contributed by atoms with Crippen molar-refractivity contribution in [3.63, 3.8) is 0 Å². The van der Waals surface area contributed by atoms with Crippen molar-refractivity contribution in [2.75, 3.05) is 6.61 Å². The van der Waals surface area contributed by atoms with E-state index in [1.54, 1.807) is 6.20 Å². The van der Waals surface area contributed by atoms with Crippen LogP contribution in [-0.4, -0.2) is 36.5 Å². The van der Waals surface area contributed by atoms with E-state index in [0.29, 0.717) is 6.61 Å². The lowest BCUT2D eigenvalue weighted by atomic mass is 10.0. The van der Waals surface area contributed by atoms with E-state index < -0.39 is 0 Å². The van der Waals surface area contributed by atoms with Crippen molar-refractivity contribution < 1.29 is 4.74 Å². The van der Waals surface area contributed by atoms with Gasteiger partial charge in [-0.3, -0.25) is 0 Å². The lowest BCUT2D eigenvalue weighted by Gasteiger charge is -2.09. The Morgan fingerprint density at radius 1 is 0.431 bits per heavy atom. The molecule has 0 amide bonds. The molecule has 58 heavy (non-hydrogen) atoms. The number of aryl methyl sites for hydroxylation is 1. The summed E-state index contributed by atoms with van der Waals surface area (Å²) in [6.07, 6.45) is 15.1. The SMILES string of the molecule is C1=Cc2nc1c(-c1ccccc1)c1ccc([nH]1)c(-c1ccccc1)c1nc(c(-c3ccc(OCCCCc4ncc[nH]4)cc3)c3ccc([nH]3)c2-c2ccccc2)C=C1. The van der Waals surface area contributed by atoms with E-state index >= 15 is 0 Å². The number of unbranched alkanes of at least 4 members (excludes halogenated alkanes) is 1. The highest BCUT2D eigenvalue weighted by Gasteiger charge is 2.19. The second-order valence-corrected chi connectivity index (χ2v) is 14.5. The van der Waals surface area contributed by atoms with E-state index in [-0.39, 0.29) is 0 Å². The number of aromatic amines is 3. The molecule has 4 aromatic heterocycles. The number of benzene rings is 4. The van der Waals surface area contributed by atoms with Crippen molar-refractivity contribution in [1.82, 2.24) is 29.9 Å². The van der Waals surface area contributed by atoms with Crippen molar-refractivity contribution >= 4 is 46.4 Å². The lowest BCUT2D eigenvalue weighted by Crippen LogP contribution is -1.99. The molecule has 7 heteroatoms. The van der Waals surface area contributed by atoms with Crippen LogP contribution in [0.2, 0.25) is 0 Å². The molecule has 8 bridgehead atoms. The van der Waals surface area contributed by atoms with Crippen LogP contribution < -0.4 is 4.74 Å². The summed E-state index contributed by atoms with van der Waals surface area (Å²) in [5.41, 5.74) is 15.8. The molecule has 0 fully saturated rings. The molecule has 280 valence electrons. The van der Waals surface area contributed by atoms with Gasteiger partial charge in [0.05, 0.1) is 29.4 Å². The maximum atomic E-state index is 6.19. The number of hydrogen-bond acceptors (Lipinski definition) is 4. The Labute approximate surface area is 336 Å². The zero-order chi connectivity index (χ0) is 38.7. The predicted molar refractivity (Wildman–Crippen MR) is 238 cm³/mol. The minimum Gasteiger partial charge on any atom is -0.494 e. The third-order valence-corrected chi connectivity index (χ3v) is 10.7. The van der Waals surface area contributed by atoms with Crippen molar-refractivity contribution in [3.05, 3.63) is 181 Å². The monoisotopic (exact) mass is 752 g/mol. The Kier molecular flexibility index (Phi) is 9.37. The molecule has 0 spiro atoms. The van der Waals surface area contributed by atoms with Gasteiger partial charge < -0.3 is 19.7 Å². The summed E-state index contributed by atoms with van der Waals surface area (Å²) in [5, 5.41) is 0. The van der Waals surface area contributed by atoms with Crippen LogP contribution in [0.5, 0.6) is 5.75 Å². The first kappa shape index (κ1) is 34.9. The largest absolute Gasteiger partial charge is 0.494 e. The normalized spacial score (nSPS) is 11.9. The summed E-state index contributed by atoms with van der Waals surface area (Å²) in [7, 11) is 0. The molecule has 2 aliphatic heterocycles. The number of rotatable bonds is 10. The van der Waals surface area contributed by atoms with Crippen molar-refractivity contribution in [2.45, 2.75) is 19.3 Å². The minimum atomic E-state index is 0.642. The van der Waals surface area contributed by atoms with Gasteiger partial charge in [0.1, 0.15) is 11.6 Å². The van der Waals surface area contributed by atoms with Crippen molar-refractivity contribution in [1.29, 1.82) is 0 Å². The van der Waals surface area contributed by atoms with Crippen LogP contribution in [0.3, 0.4) is 0 Å². The fourth-order valence-corrected chi connectivity index (χ4v) is 7.97. The molecule has 4 aromatic carbocycles. The summed E-state index contributed by atoms with van der Waals surface area (Å²) in [5.74, 6) is 1.85. The van der Waals surface area contributed by atoms with Crippen LogP contribution in [-0.2, 0) is 6.42 Å². The molecule has 2 aliphatic rings. The van der Waals surface area contributed by atoms with Crippen LogP contribution in [0.1, 0.15) is 41.4 Å². The molecule has 7 nitrogen and oxygen atoms in total. The molecule has 0 saturated carbocycles. The Morgan fingerprint density at radius 2 is 0.845 bits per heavy atom. The molecule has 3 N–H and O–H groups in total. The van der Waals surface area contributed by atoms with E-state index in [0.717, 1.165) is 120 Å². The summed E-state index contributed by atoms with van der Waals surface area (Å²) in [4.78, 5) is 26.0. The maximum Gasteiger partial charge on any atom is 0.119 e. The lowest BCUT2D eigenvalue weighted by molar-refractivity contribution is 0.306. The zero-order valence-electron chi connectivity index (χ0n) is 31.8. The summed E-state index contributed by atoms with van der Waals surface area (Å²) < 4.78 is 6.19. The van der Waals surface area contributed by atoms with E-state index in [1.165, 1.54) is 0 Å². The smallest absolute Gasteiger partial charge is 0.119 e. The van der Waals surface area contributed by atoms with Gasteiger partial charge in [-0.1, -0.05) is 103 Å². The number of fused-ring (bicyclic) bond motifs is 8. The second kappa shape index (κ2) is 15.6. The second-order valence-electron chi connectivity index (χ2n) is 14.5. The number of nitrogens with zero attached hydrogens (tertiary/aromatic N) is 3. The number of imidazole rings is 1. The molecule has 0 unspecified atom stereocenters. The Morgan fingerprint density at radius 3 is 1.24 bits per heavy atom. The Hall–Kier alpha value is -7.51. The van der Waals surface area contributed by atoms with Gasteiger partial charge in [-0.2, -0.15) is 0 Å². The topological polar surface area (TPSA) is 95.3 Å². The minimum absolute atomic E-state index is 0.642. The van der Waals surface area contributed by atoms with Gasteiger partial charge in [0.2, 0.25) is 0 Å². The molecule has 10 rings (SSSR count). The predicted octanol–water partition coefficient (Wildman–Crippen LogP) is 12.4. The maximum absolute atomic E-state index is 6.19. The summed E-state index contributed by atoms with van der Waals surface area (Å²) >= 11 is 0. The van der Waals surface area contributed by atoms with Crippen LogP contribution in [0.15, 0.2) is 152 Å². The highest BCUT2D eigenvalue weighted by atomic mass is 16.5. The standard InChI is InChI=1S/C51H40N6O/c1-4-12-34(13-5-1)48-39-23-25-41(54-39)49(35-14-6-2-7-15-35)43-27-29-45(56-43)51(37-19-21-38(22-20-37)58-33-11-10-18-47-52-31-32-53-47)46-30-28-44(57-46)50(36-16-8-3-9-17-36)42-26-24-40(48)55-42/h1-9,12-17,19-32,54,57H,10-11,18,33H2,(H,52,53). The van der Waals surface area contributed by atoms with Gasteiger partial charge in [0.15, 0.2) is 0 Å². The third-order valence-electron chi connectivity index (χ3n) is 10.7. The summed E-state index contributed by atoms with van der Waals surface area (Å²) in [6, 6.07) is 48.5. The van der Waals surface area contributed by atoms with Gasteiger partial charge in [-0.15, -0.1) is 0 Å². The van der Waals surface area contributed by atoms with Crippen molar-refractivity contribution in [3.8, 4) is 50.3 Å². The molecule has 0 aliphatic carbocycles. The fraction of sp³-hybridized carbons (Fsp3) is 0.0784. The molecular formula is C51H40N6O. The average molecular weight is 753 g/mol. The molecule has 0 saturated heterocycles. The van der Waals surface area contributed by atoms with E-state index in [1.807, 2.05) is 24.4 Å². The molecule has 8 aromatic rings. The number of hydrogen-bond donors (Lipinski definition) is 3. The van der Waals surface area contributed by atoms with Crippen LogP contribution in [0.25, 0.3) is 90.9 Å². The quantitative estimate of drug-likeness (QED) is 0.121. The number of nitrogens with one attached hydrogen (secondary N) is 3. The molecule has 6 heterocycles. The first-order valence-corrected chi connectivity index (χ1v) is 19.8. The molecule has 0 atom stereocenters. The van der Waals surface area contributed by atoms with E-state index in [9.17, 15) is 0 Å². The highest BCUT2D eigenvalue weighted by Crippen LogP contribution is 2.38. The van der Waals surface area contributed by atoms with Gasteiger partial charge in [-0.05, 0) is 95.8 Å². The molecular weight excluding hydrogens is 713 g/mol. The summed E-state index contributed by atoms with van der Waals surface area (Å²) in [6.45, 7) is 0.642. The average Bonchev–Trinajstić information content (AvgIpc) is 4.14. The first-order chi connectivity index (χ1) is 28.7. The van der Waals surface area contributed by atoms with Crippen molar-refractivity contribution in [2.24, 2.45) is 0 Å². The van der Waals surface area contributed by atoms with Gasteiger partial charge in [0.25, 0.3) is 0 Å². The first-order valence-electron chi connectivity index (χ1n) is 19.8. The Balaban J connectivity index is 1.19. The zero-order valence-corrected chi connectivity index (χ0v) is 31.8. The fourth-order valence-electron chi connectivity index (χ4n) is 7.97. The van der Waals surface area contributed by atoms with Crippen LogP contribution >= 0.6 is 0 Å². The van der Waals surface area contributed by atoms with Crippen LogP contribution in [0, 0.1) is 0 Å². The van der Waals surface area contributed by atoms with Crippen LogP contribution in [0.4, 0.5) is 0 Å². The number of H-pyrrole nitrogens is 3. The Bertz CT molecular complexity index is 2910. The number of aromatic nitrogens is 6. The van der Waals surface area contributed by atoms with E-state index in [4.69, 9.17) is 14.7 Å².